The Morgan fingerprint density at radius 3 is 2.41 bits per heavy atom. The Morgan fingerprint density at radius 1 is 0.969 bits per heavy atom. The number of aryl methyl sites for hydroxylation is 3. The van der Waals surface area contributed by atoms with Gasteiger partial charge in [0.2, 0.25) is 5.91 Å². The van der Waals surface area contributed by atoms with Crippen molar-refractivity contribution < 1.29 is 14.3 Å². The second kappa shape index (κ2) is 9.14. The average molecular weight is 430 g/mol. The lowest BCUT2D eigenvalue weighted by Gasteiger charge is -2.10. The van der Waals surface area contributed by atoms with E-state index in [4.69, 9.17) is 14.5 Å². The van der Waals surface area contributed by atoms with Gasteiger partial charge in [0.05, 0.1) is 25.3 Å². The molecule has 2 N–H and O–H groups in total. The second-order valence-electron chi connectivity index (χ2n) is 7.87. The minimum atomic E-state index is -0.00935. The van der Waals surface area contributed by atoms with Crippen LogP contribution >= 0.6 is 0 Å². The summed E-state index contributed by atoms with van der Waals surface area (Å²) in [6.07, 6.45) is 1.13. The number of carbonyl (C=O) groups excluding carboxylic acids is 1. The molecule has 0 saturated heterocycles. The van der Waals surface area contributed by atoms with E-state index >= 15 is 0 Å². The standard InChI is InChI=1S/C26H27N3O3/c1-16-5-8-18(9-6-16)10-12-25(30)27-20-13-19(11-7-17(20)2)26-28-21-14-23(31-3)24(32-4)15-22(21)29-26/h5-9,11,13-15H,10,12H2,1-4H3,(H,27,30)(H,28,29). The first kappa shape index (κ1) is 21.4. The number of imidazole rings is 1. The number of benzene rings is 3. The number of hydrogen-bond acceptors (Lipinski definition) is 4. The van der Waals surface area contributed by atoms with Crippen molar-refractivity contribution in [2.75, 3.05) is 19.5 Å². The third kappa shape index (κ3) is 4.59. The van der Waals surface area contributed by atoms with Crippen molar-refractivity contribution in [2.45, 2.75) is 26.7 Å². The zero-order valence-electron chi connectivity index (χ0n) is 18.8. The Kier molecular flexibility index (Phi) is 6.12. The number of nitrogens with zero attached hydrogens (tertiary/aromatic N) is 1. The van der Waals surface area contributed by atoms with Gasteiger partial charge in [0, 0.05) is 29.8 Å². The molecular weight excluding hydrogens is 402 g/mol. The van der Waals surface area contributed by atoms with Gasteiger partial charge in [-0.3, -0.25) is 4.79 Å². The number of H-pyrrole nitrogens is 1. The van der Waals surface area contributed by atoms with Crippen molar-refractivity contribution in [1.29, 1.82) is 0 Å². The van der Waals surface area contributed by atoms with E-state index in [1.807, 2.05) is 37.3 Å². The van der Waals surface area contributed by atoms with Crippen LogP contribution < -0.4 is 14.8 Å². The summed E-state index contributed by atoms with van der Waals surface area (Å²) >= 11 is 0. The summed E-state index contributed by atoms with van der Waals surface area (Å²) in [4.78, 5) is 20.6. The van der Waals surface area contributed by atoms with Gasteiger partial charge in [0.1, 0.15) is 5.82 Å². The normalized spacial score (nSPS) is 10.9. The van der Waals surface area contributed by atoms with Gasteiger partial charge in [-0.2, -0.15) is 0 Å². The number of aromatic amines is 1. The van der Waals surface area contributed by atoms with Gasteiger partial charge in [-0.15, -0.1) is 0 Å². The molecule has 0 fully saturated rings. The molecule has 164 valence electrons. The molecule has 0 aliphatic heterocycles. The van der Waals surface area contributed by atoms with Gasteiger partial charge in [0.15, 0.2) is 11.5 Å². The molecule has 0 aliphatic carbocycles. The molecule has 1 aromatic heterocycles. The molecule has 1 heterocycles. The number of hydrogen-bond donors (Lipinski definition) is 2. The van der Waals surface area contributed by atoms with E-state index in [0.717, 1.165) is 33.4 Å². The zero-order valence-corrected chi connectivity index (χ0v) is 18.8. The van der Waals surface area contributed by atoms with Crippen molar-refractivity contribution in [1.82, 2.24) is 9.97 Å². The van der Waals surface area contributed by atoms with Gasteiger partial charge in [-0.05, 0) is 37.5 Å². The number of nitrogens with one attached hydrogen (secondary N) is 2. The maximum atomic E-state index is 12.6. The first-order valence-corrected chi connectivity index (χ1v) is 10.5. The molecule has 0 saturated carbocycles. The minimum absolute atomic E-state index is 0.00935. The lowest BCUT2D eigenvalue weighted by Crippen LogP contribution is -2.13. The second-order valence-corrected chi connectivity index (χ2v) is 7.87. The van der Waals surface area contributed by atoms with Crippen LogP contribution in [0.2, 0.25) is 0 Å². The van der Waals surface area contributed by atoms with Gasteiger partial charge in [0.25, 0.3) is 0 Å². The van der Waals surface area contributed by atoms with Crippen LogP contribution in [0, 0.1) is 13.8 Å². The van der Waals surface area contributed by atoms with Gasteiger partial charge in [-0.1, -0.05) is 42.0 Å². The fraction of sp³-hybridized carbons (Fsp3) is 0.231. The van der Waals surface area contributed by atoms with Crippen LogP contribution in [0.3, 0.4) is 0 Å². The maximum Gasteiger partial charge on any atom is 0.224 e. The van der Waals surface area contributed by atoms with E-state index in [9.17, 15) is 4.79 Å². The van der Waals surface area contributed by atoms with Gasteiger partial charge in [-0.25, -0.2) is 4.98 Å². The van der Waals surface area contributed by atoms with Crippen LogP contribution in [-0.2, 0) is 11.2 Å². The summed E-state index contributed by atoms with van der Waals surface area (Å²) in [5.41, 5.74) is 6.67. The number of anilines is 1. The Labute approximate surface area is 187 Å². The molecule has 0 unspecified atom stereocenters. The predicted molar refractivity (Wildman–Crippen MR) is 128 cm³/mol. The smallest absolute Gasteiger partial charge is 0.224 e. The fourth-order valence-corrected chi connectivity index (χ4v) is 3.60. The molecule has 1 amide bonds. The van der Waals surface area contributed by atoms with Crippen molar-refractivity contribution in [3.8, 4) is 22.9 Å². The number of aromatic nitrogens is 2. The number of carbonyl (C=O) groups is 1. The zero-order chi connectivity index (χ0) is 22.7. The maximum absolute atomic E-state index is 12.6. The third-order valence-electron chi connectivity index (χ3n) is 5.53. The SMILES string of the molecule is COc1cc2nc(-c3ccc(C)c(NC(=O)CCc4ccc(C)cc4)c3)[nH]c2cc1OC. The molecular formula is C26H27N3O3. The predicted octanol–water partition coefficient (Wildman–Crippen LogP) is 5.44. The number of rotatable bonds is 7. The summed E-state index contributed by atoms with van der Waals surface area (Å²) in [6.45, 7) is 4.04. The van der Waals surface area contributed by atoms with E-state index in [-0.39, 0.29) is 5.91 Å². The highest BCUT2D eigenvalue weighted by molar-refractivity contribution is 5.92. The summed E-state index contributed by atoms with van der Waals surface area (Å²) in [6, 6.07) is 17.9. The Hall–Kier alpha value is -3.80. The quantitative estimate of drug-likeness (QED) is 0.410. The topological polar surface area (TPSA) is 76.2 Å². The largest absolute Gasteiger partial charge is 0.493 e. The van der Waals surface area contributed by atoms with E-state index < -0.39 is 0 Å². The highest BCUT2D eigenvalue weighted by atomic mass is 16.5. The van der Waals surface area contributed by atoms with Crippen LogP contribution in [0.1, 0.15) is 23.1 Å². The lowest BCUT2D eigenvalue weighted by molar-refractivity contribution is -0.116. The van der Waals surface area contributed by atoms with Crippen LogP contribution in [0.15, 0.2) is 54.6 Å². The summed E-state index contributed by atoms with van der Waals surface area (Å²) < 4.78 is 10.8. The van der Waals surface area contributed by atoms with E-state index in [2.05, 4.69) is 41.5 Å². The highest BCUT2D eigenvalue weighted by Gasteiger charge is 2.13. The van der Waals surface area contributed by atoms with E-state index in [1.165, 1.54) is 5.56 Å². The van der Waals surface area contributed by atoms with Crippen LogP contribution in [0.25, 0.3) is 22.4 Å². The third-order valence-corrected chi connectivity index (χ3v) is 5.53. The molecule has 6 nitrogen and oxygen atoms in total. The van der Waals surface area contributed by atoms with Crippen LogP contribution in [0.4, 0.5) is 5.69 Å². The van der Waals surface area contributed by atoms with E-state index in [1.54, 1.807) is 14.2 Å². The average Bonchev–Trinajstić information content (AvgIpc) is 3.22. The molecule has 4 aromatic rings. The lowest BCUT2D eigenvalue weighted by atomic mass is 10.1. The molecule has 32 heavy (non-hydrogen) atoms. The van der Waals surface area contributed by atoms with Gasteiger partial charge < -0.3 is 19.8 Å². The van der Waals surface area contributed by atoms with E-state index in [0.29, 0.717) is 30.2 Å². The van der Waals surface area contributed by atoms with Gasteiger partial charge >= 0.3 is 0 Å². The Morgan fingerprint density at radius 2 is 1.69 bits per heavy atom. The molecule has 0 spiro atoms. The number of ether oxygens (including phenoxy) is 2. The van der Waals surface area contributed by atoms with Crippen molar-refractivity contribution in [3.63, 3.8) is 0 Å². The van der Waals surface area contributed by atoms with Crippen LogP contribution in [0.5, 0.6) is 11.5 Å². The molecule has 0 bridgehead atoms. The number of methoxy groups -OCH3 is 2. The summed E-state index contributed by atoms with van der Waals surface area (Å²) in [5.74, 6) is 1.97. The first-order valence-electron chi connectivity index (χ1n) is 10.5. The molecule has 0 aliphatic rings. The van der Waals surface area contributed by atoms with Crippen molar-refractivity contribution in [2.24, 2.45) is 0 Å². The number of fused-ring (bicyclic) bond motifs is 1. The Balaban J connectivity index is 1.53. The molecule has 4 rings (SSSR count). The highest BCUT2D eigenvalue weighted by Crippen LogP contribution is 2.33. The van der Waals surface area contributed by atoms with Crippen molar-refractivity contribution in [3.05, 3.63) is 71.3 Å². The summed E-state index contributed by atoms with van der Waals surface area (Å²) in [7, 11) is 3.21. The molecule has 3 aromatic carbocycles. The summed E-state index contributed by atoms with van der Waals surface area (Å²) in [5, 5.41) is 3.05. The molecule has 0 atom stereocenters. The minimum Gasteiger partial charge on any atom is -0.493 e. The molecule has 0 radical (unpaired) electrons. The Bertz CT molecular complexity index is 1220. The molecule has 6 heteroatoms. The van der Waals surface area contributed by atoms with Crippen molar-refractivity contribution >= 4 is 22.6 Å². The monoisotopic (exact) mass is 429 g/mol. The fourth-order valence-electron chi connectivity index (χ4n) is 3.60. The first-order chi connectivity index (χ1) is 15.5. The van der Waals surface area contributed by atoms with Crippen LogP contribution in [-0.4, -0.2) is 30.1 Å². The number of amides is 1.